The van der Waals surface area contributed by atoms with E-state index in [1.165, 1.54) is 24.0 Å². The Kier molecular flexibility index (Phi) is 2.21. The van der Waals surface area contributed by atoms with Crippen LogP contribution in [0.5, 0.6) is 0 Å². The minimum Gasteiger partial charge on any atom is -0.399 e. The summed E-state index contributed by atoms with van der Waals surface area (Å²) in [7, 11) is 0. The van der Waals surface area contributed by atoms with Gasteiger partial charge in [-0.15, -0.1) is 5.92 Å². The van der Waals surface area contributed by atoms with E-state index in [1.54, 1.807) is 0 Å². The molecule has 0 unspecified atom stereocenters. The van der Waals surface area contributed by atoms with Gasteiger partial charge in [0.15, 0.2) is 0 Å². The van der Waals surface area contributed by atoms with Gasteiger partial charge in [-0.3, -0.25) is 0 Å². The third-order valence-electron chi connectivity index (χ3n) is 2.65. The van der Waals surface area contributed by atoms with E-state index >= 15 is 0 Å². The summed E-state index contributed by atoms with van der Waals surface area (Å²) in [5.74, 6) is 6.85. The topological polar surface area (TPSA) is 26.0 Å². The summed E-state index contributed by atoms with van der Waals surface area (Å²) in [5, 5.41) is 0. The molecule has 2 rings (SSSR count). The molecule has 0 heterocycles. The number of hydrogen-bond acceptors (Lipinski definition) is 1. The largest absolute Gasteiger partial charge is 0.399 e. The van der Waals surface area contributed by atoms with E-state index in [9.17, 15) is 0 Å². The minimum absolute atomic E-state index is 0.742. The standard InChI is InChI=1S/C13H15N/c1-3-4-11-8-12(14)7-9(2)13(11)10-5-6-10/h7-8,10H,5-6,14H2,1-2H3. The number of benzene rings is 1. The minimum atomic E-state index is 0.742. The summed E-state index contributed by atoms with van der Waals surface area (Å²) in [6.07, 6.45) is 2.62. The summed E-state index contributed by atoms with van der Waals surface area (Å²) < 4.78 is 0. The Morgan fingerprint density at radius 1 is 1.36 bits per heavy atom. The molecule has 0 spiro atoms. The van der Waals surface area contributed by atoms with Crippen LogP contribution < -0.4 is 5.73 Å². The molecule has 0 bridgehead atoms. The SMILES string of the molecule is CC#Cc1cc(N)cc(C)c1C1CC1. The predicted molar refractivity (Wildman–Crippen MR) is 60.1 cm³/mol. The lowest BCUT2D eigenvalue weighted by Gasteiger charge is -2.08. The first-order valence-electron chi connectivity index (χ1n) is 5.05. The van der Waals surface area contributed by atoms with Crippen molar-refractivity contribution in [3.8, 4) is 11.8 Å². The van der Waals surface area contributed by atoms with Crippen molar-refractivity contribution < 1.29 is 0 Å². The van der Waals surface area contributed by atoms with E-state index in [4.69, 9.17) is 5.73 Å². The van der Waals surface area contributed by atoms with Crippen LogP contribution in [0.25, 0.3) is 0 Å². The van der Waals surface area contributed by atoms with Gasteiger partial charge in [0.05, 0.1) is 0 Å². The Labute approximate surface area is 85.3 Å². The van der Waals surface area contributed by atoms with Gasteiger partial charge in [-0.2, -0.15) is 0 Å². The lowest BCUT2D eigenvalue weighted by molar-refractivity contribution is 1.09. The maximum absolute atomic E-state index is 5.81. The third-order valence-corrected chi connectivity index (χ3v) is 2.65. The molecule has 1 aromatic rings. The summed E-state index contributed by atoms with van der Waals surface area (Å²) >= 11 is 0. The van der Waals surface area contributed by atoms with Crippen molar-refractivity contribution >= 4 is 5.69 Å². The van der Waals surface area contributed by atoms with Crippen LogP contribution >= 0.6 is 0 Å². The molecule has 0 amide bonds. The van der Waals surface area contributed by atoms with Crippen LogP contribution in [0.1, 0.15) is 42.4 Å². The molecule has 1 fully saturated rings. The molecule has 2 N–H and O–H groups in total. The molecule has 1 aromatic carbocycles. The first-order chi connectivity index (χ1) is 6.72. The molecule has 1 nitrogen and oxygen atoms in total. The summed E-state index contributed by atoms with van der Waals surface area (Å²) in [5.41, 5.74) is 10.5. The molecule has 0 saturated heterocycles. The number of nitrogens with two attached hydrogens (primary N) is 1. The van der Waals surface area contributed by atoms with Gasteiger partial charge in [-0.25, -0.2) is 0 Å². The molecule has 0 aliphatic heterocycles. The highest BCUT2D eigenvalue weighted by atomic mass is 14.5. The van der Waals surface area contributed by atoms with E-state index in [-0.39, 0.29) is 0 Å². The fourth-order valence-electron chi connectivity index (χ4n) is 1.98. The summed E-state index contributed by atoms with van der Waals surface area (Å²) in [4.78, 5) is 0. The first kappa shape index (κ1) is 9.15. The molecule has 0 radical (unpaired) electrons. The van der Waals surface area contributed by atoms with Gasteiger partial charge >= 0.3 is 0 Å². The van der Waals surface area contributed by atoms with Gasteiger partial charge in [0.2, 0.25) is 0 Å². The highest BCUT2D eigenvalue weighted by Crippen LogP contribution is 2.43. The molecule has 0 atom stereocenters. The fraction of sp³-hybridized carbons (Fsp3) is 0.385. The zero-order chi connectivity index (χ0) is 10.1. The van der Waals surface area contributed by atoms with Gasteiger partial charge < -0.3 is 5.73 Å². The number of hydrogen-bond donors (Lipinski definition) is 1. The fourth-order valence-corrected chi connectivity index (χ4v) is 1.98. The molecule has 72 valence electrons. The number of aryl methyl sites for hydroxylation is 1. The lowest BCUT2D eigenvalue weighted by atomic mass is 9.97. The van der Waals surface area contributed by atoms with Gasteiger partial charge in [0, 0.05) is 11.3 Å². The number of rotatable bonds is 1. The molecule has 14 heavy (non-hydrogen) atoms. The van der Waals surface area contributed by atoms with E-state index in [0.29, 0.717) is 0 Å². The molecular formula is C13H15N. The molecule has 1 aliphatic rings. The van der Waals surface area contributed by atoms with Gasteiger partial charge in [-0.1, -0.05) is 5.92 Å². The van der Waals surface area contributed by atoms with Gasteiger partial charge in [-0.05, 0) is 55.9 Å². The van der Waals surface area contributed by atoms with Crippen LogP contribution in [0, 0.1) is 18.8 Å². The zero-order valence-corrected chi connectivity index (χ0v) is 8.72. The Morgan fingerprint density at radius 3 is 2.64 bits per heavy atom. The second-order valence-corrected chi connectivity index (χ2v) is 3.95. The van der Waals surface area contributed by atoms with Crippen LogP contribution in [0.2, 0.25) is 0 Å². The van der Waals surface area contributed by atoms with Crippen LogP contribution in [0.4, 0.5) is 5.69 Å². The van der Waals surface area contributed by atoms with Crippen molar-refractivity contribution in [1.82, 2.24) is 0 Å². The number of anilines is 1. The predicted octanol–water partition coefficient (Wildman–Crippen LogP) is 2.83. The van der Waals surface area contributed by atoms with Crippen LogP contribution in [-0.2, 0) is 0 Å². The highest BCUT2D eigenvalue weighted by Gasteiger charge is 2.27. The monoisotopic (exact) mass is 185 g/mol. The first-order valence-corrected chi connectivity index (χ1v) is 5.05. The zero-order valence-electron chi connectivity index (χ0n) is 8.72. The van der Waals surface area contributed by atoms with Gasteiger partial charge in [0.1, 0.15) is 0 Å². The third kappa shape index (κ3) is 1.61. The average molecular weight is 185 g/mol. The van der Waals surface area contributed by atoms with Crippen molar-refractivity contribution in [3.05, 3.63) is 28.8 Å². The second kappa shape index (κ2) is 3.38. The Bertz CT molecular complexity index is 417. The van der Waals surface area contributed by atoms with Crippen LogP contribution in [0.3, 0.4) is 0 Å². The second-order valence-electron chi connectivity index (χ2n) is 3.95. The van der Waals surface area contributed by atoms with Crippen LogP contribution in [0.15, 0.2) is 12.1 Å². The van der Waals surface area contributed by atoms with E-state index in [1.807, 2.05) is 13.0 Å². The van der Waals surface area contributed by atoms with Crippen molar-refractivity contribution in [2.75, 3.05) is 5.73 Å². The quantitative estimate of drug-likeness (QED) is 0.528. The average Bonchev–Trinajstić information content (AvgIpc) is 2.87. The Hall–Kier alpha value is -1.42. The van der Waals surface area contributed by atoms with E-state index in [2.05, 4.69) is 24.8 Å². The van der Waals surface area contributed by atoms with Crippen molar-refractivity contribution in [2.24, 2.45) is 0 Å². The van der Waals surface area contributed by atoms with E-state index < -0.39 is 0 Å². The molecule has 0 aromatic heterocycles. The lowest BCUT2D eigenvalue weighted by Crippen LogP contribution is -1.95. The van der Waals surface area contributed by atoms with Crippen molar-refractivity contribution in [3.63, 3.8) is 0 Å². The molecule has 1 heteroatoms. The smallest absolute Gasteiger partial charge is 0.0329 e. The van der Waals surface area contributed by atoms with Crippen molar-refractivity contribution in [1.29, 1.82) is 0 Å². The number of nitrogen functional groups attached to an aromatic ring is 1. The molecule has 1 aliphatic carbocycles. The highest BCUT2D eigenvalue weighted by molar-refractivity contribution is 5.57. The molecule has 1 saturated carbocycles. The van der Waals surface area contributed by atoms with Crippen LogP contribution in [-0.4, -0.2) is 0 Å². The Balaban J connectivity index is 2.56. The normalized spacial score (nSPS) is 14.7. The maximum atomic E-state index is 5.81. The summed E-state index contributed by atoms with van der Waals surface area (Å²) in [6, 6.07) is 4.05. The summed E-state index contributed by atoms with van der Waals surface area (Å²) in [6.45, 7) is 4.00. The van der Waals surface area contributed by atoms with E-state index in [0.717, 1.165) is 17.2 Å². The van der Waals surface area contributed by atoms with Crippen molar-refractivity contribution in [2.45, 2.75) is 32.6 Å². The Morgan fingerprint density at radius 2 is 2.07 bits per heavy atom. The van der Waals surface area contributed by atoms with Gasteiger partial charge in [0.25, 0.3) is 0 Å². The maximum Gasteiger partial charge on any atom is 0.0329 e. The molecular weight excluding hydrogens is 170 g/mol.